The van der Waals surface area contributed by atoms with E-state index in [0.29, 0.717) is 12.2 Å². The molecule has 0 radical (unpaired) electrons. The summed E-state index contributed by atoms with van der Waals surface area (Å²) in [6, 6.07) is 5.08. The Kier molecular flexibility index (Phi) is 6.66. The number of hydrogen-bond donors (Lipinski definition) is 1. The Morgan fingerprint density at radius 1 is 1.09 bits per heavy atom. The minimum absolute atomic E-state index is 0.0513. The molecule has 0 spiro atoms. The molecule has 1 unspecified atom stereocenters. The van der Waals surface area contributed by atoms with Crippen LogP contribution in [0.25, 0.3) is 0 Å². The maximum absolute atomic E-state index is 14.7. The average molecular weight is 449 g/mol. The normalized spacial score (nSPS) is 20.2. The van der Waals surface area contributed by atoms with E-state index in [-0.39, 0.29) is 42.6 Å². The molecule has 1 aromatic heterocycles. The number of aliphatic hydroxyl groups excluding tert-OH is 1. The summed E-state index contributed by atoms with van der Waals surface area (Å²) in [5, 5.41) is 9.09. The fourth-order valence-electron chi connectivity index (χ4n) is 4.63. The highest BCUT2D eigenvalue weighted by atomic mass is 19.1. The second kappa shape index (κ2) is 9.46. The van der Waals surface area contributed by atoms with Gasteiger partial charge in [-0.3, -0.25) is 9.69 Å². The van der Waals surface area contributed by atoms with Gasteiger partial charge < -0.3 is 14.7 Å². The Balaban J connectivity index is 1.54. The van der Waals surface area contributed by atoms with Crippen molar-refractivity contribution in [3.8, 4) is 5.75 Å². The summed E-state index contributed by atoms with van der Waals surface area (Å²) in [7, 11) is 1.31. The molecule has 1 aromatic carbocycles. The van der Waals surface area contributed by atoms with Gasteiger partial charge in [-0.05, 0) is 38.1 Å². The Morgan fingerprint density at radius 2 is 1.78 bits per heavy atom. The number of aliphatic hydroxyl groups is 1. The van der Waals surface area contributed by atoms with E-state index in [9.17, 15) is 18.0 Å². The maximum Gasteiger partial charge on any atom is 0.228 e. The molecule has 172 valence electrons. The fraction of sp³-hybridized carbons (Fsp3) is 0.478. The van der Waals surface area contributed by atoms with E-state index >= 15 is 0 Å². The Hall–Kier alpha value is -2.65. The van der Waals surface area contributed by atoms with Gasteiger partial charge in [0, 0.05) is 54.7 Å². The van der Waals surface area contributed by atoms with Crippen LogP contribution < -0.4 is 9.64 Å². The van der Waals surface area contributed by atoms with Gasteiger partial charge in [-0.25, -0.2) is 18.2 Å². The van der Waals surface area contributed by atoms with E-state index in [1.807, 2.05) is 0 Å². The van der Waals surface area contributed by atoms with E-state index in [0.717, 1.165) is 38.1 Å². The summed E-state index contributed by atoms with van der Waals surface area (Å²) in [4.78, 5) is 20.5. The number of anilines is 1. The zero-order valence-corrected chi connectivity index (χ0v) is 17.9. The minimum Gasteiger partial charge on any atom is -0.497 e. The summed E-state index contributed by atoms with van der Waals surface area (Å²) in [5.74, 6) is -3.33. The van der Waals surface area contributed by atoms with Gasteiger partial charge >= 0.3 is 0 Å². The van der Waals surface area contributed by atoms with Crippen molar-refractivity contribution in [1.29, 1.82) is 0 Å². The number of halogens is 3. The van der Waals surface area contributed by atoms with E-state index in [1.165, 1.54) is 18.1 Å². The number of benzene rings is 1. The van der Waals surface area contributed by atoms with Crippen molar-refractivity contribution in [3.05, 3.63) is 53.0 Å². The quantitative estimate of drug-likeness (QED) is 0.734. The van der Waals surface area contributed by atoms with Gasteiger partial charge in [0.2, 0.25) is 5.91 Å². The maximum atomic E-state index is 14.7. The monoisotopic (exact) mass is 449 g/mol. The van der Waals surface area contributed by atoms with Crippen LogP contribution in [0.5, 0.6) is 5.75 Å². The standard InChI is InChI=1S/C23H26F3N3O3/c1-32-16-11-18(25)22(19(26)12-16)15-10-21(31)29(13-15)23-17(24)2-3-20(27-23)14-4-6-28(7-5-14)8-9-30/h2-3,11-12,14-15,30H,4-10,13H2,1H3. The third kappa shape index (κ3) is 4.45. The highest BCUT2D eigenvalue weighted by Crippen LogP contribution is 2.37. The third-order valence-electron chi connectivity index (χ3n) is 6.35. The second-order valence-corrected chi connectivity index (χ2v) is 8.29. The Labute approximate surface area is 184 Å². The molecule has 2 aliphatic rings. The number of carbonyl (C=O) groups is 1. The summed E-state index contributed by atoms with van der Waals surface area (Å²) >= 11 is 0. The van der Waals surface area contributed by atoms with Gasteiger partial charge in [0.1, 0.15) is 17.4 Å². The molecular formula is C23H26F3N3O3. The molecular weight excluding hydrogens is 423 g/mol. The number of β-amino-alcohol motifs (C(OH)–C–C–N with tert-alkyl or cyclic N) is 1. The molecule has 1 N–H and O–H groups in total. The molecule has 32 heavy (non-hydrogen) atoms. The summed E-state index contributed by atoms with van der Waals surface area (Å²) < 4.78 is 48.6. The molecule has 2 saturated heterocycles. The van der Waals surface area contributed by atoms with Crippen LogP contribution >= 0.6 is 0 Å². The van der Waals surface area contributed by atoms with Gasteiger partial charge in [0.15, 0.2) is 11.6 Å². The Morgan fingerprint density at radius 3 is 2.41 bits per heavy atom. The zero-order valence-electron chi connectivity index (χ0n) is 17.9. The number of ether oxygens (including phenoxy) is 1. The van der Waals surface area contributed by atoms with Crippen LogP contribution in [0.15, 0.2) is 24.3 Å². The van der Waals surface area contributed by atoms with Crippen LogP contribution in [-0.2, 0) is 4.79 Å². The zero-order chi connectivity index (χ0) is 22.8. The van der Waals surface area contributed by atoms with Gasteiger partial charge in [-0.1, -0.05) is 0 Å². The highest BCUT2D eigenvalue weighted by molar-refractivity contribution is 5.95. The SMILES string of the molecule is COc1cc(F)c(C2CC(=O)N(c3nc(C4CCN(CCO)CC4)ccc3F)C2)c(F)c1. The molecule has 6 nitrogen and oxygen atoms in total. The molecule has 1 amide bonds. The van der Waals surface area contributed by atoms with Crippen molar-refractivity contribution in [2.75, 3.05) is 44.8 Å². The van der Waals surface area contributed by atoms with Crippen molar-refractivity contribution < 1.29 is 27.8 Å². The number of nitrogens with zero attached hydrogens (tertiary/aromatic N) is 3. The first-order valence-corrected chi connectivity index (χ1v) is 10.7. The van der Waals surface area contributed by atoms with Crippen molar-refractivity contribution in [2.24, 2.45) is 0 Å². The van der Waals surface area contributed by atoms with Gasteiger partial charge in [-0.15, -0.1) is 0 Å². The van der Waals surface area contributed by atoms with Crippen LogP contribution in [-0.4, -0.2) is 60.8 Å². The topological polar surface area (TPSA) is 65.9 Å². The minimum atomic E-state index is -0.793. The number of carbonyl (C=O) groups excluding carboxylic acids is 1. The molecule has 2 aliphatic heterocycles. The fourth-order valence-corrected chi connectivity index (χ4v) is 4.63. The second-order valence-electron chi connectivity index (χ2n) is 8.29. The highest BCUT2D eigenvalue weighted by Gasteiger charge is 2.37. The number of rotatable bonds is 6. The predicted octanol–water partition coefficient (Wildman–Crippen LogP) is 3.20. The molecule has 2 aromatic rings. The predicted molar refractivity (Wildman–Crippen MR) is 112 cm³/mol. The lowest BCUT2D eigenvalue weighted by atomic mass is 9.93. The Bertz CT molecular complexity index is 973. The number of piperidine rings is 1. The number of hydrogen-bond acceptors (Lipinski definition) is 5. The largest absolute Gasteiger partial charge is 0.497 e. The van der Waals surface area contributed by atoms with Crippen LogP contribution in [0.2, 0.25) is 0 Å². The number of likely N-dealkylation sites (tertiary alicyclic amines) is 1. The lowest BCUT2D eigenvalue weighted by Gasteiger charge is -2.31. The van der Waals surface area contributed by atoms with Crippen LogP contribution in [0, 0.1) is 17.5 Å². The first-order valence-electron chi connectivity index (χ1n) is 10.7. The summed E-state index contributed by atoms with van der Waals surface area (Å²) in [6.07, 6.45) is 1.50. The summed E-state index contributed by atoms with van der Waals surface area (Å²) in [6.45, 7) is 2.29. The molecule has 0 bridgehead atoms. The molecule has 2 fully saturated rings. The molecule has 0 saturated carbocycles. The number of pyridine rings is 1. The van der Waals surface area contributed by atoms with Crippen molar-refractivity contribution >= 4 is 11.7 Å². The molecule has 9 heteroatoms. The number of aromatic nitrogens is 1. The van der Waals surface area contributed by atoms with Crippen LogP contribution in [0.4, 0.5) is 19.0 Å². The number of amides is 1. The van der Waals surface area contributed by atoms with Gasteiger partial charge in [0.25, 0.3) is 0 Å². The molecule has 0 aliphatic carbocycles. The van der Waals surface area contributed by atoms with Gasteiger partial charge in [-0.2, -0.15) is 0 Å². The van der Waals surface area contributed by atoms with Crippen molar-refractivity contribution in [3.63, 3.8) is 0 Å². The van der Waals surface area contributed by atoms with E-state index in [2.05, 4.69) is 9.88 Å². The first-order chi connectivity index (χ1) is 15.4. The van der Waals surface area contributed by atoms with E-state index < -0.39 is 29.3 Å². The van der Waals surface area contributed by atoms with E-state index in [1.54, 1.807) is 6.07 Å². The third-order valence-corrected chi connectivity index (χ3v) is 6.35. The van der Waals surface area contributed by atoms with Crippen LogP contribution in [0.1, 0.15) is 42.4 Å². The van der Waals surface area contributed by atoms with Crippen molar-refractivity contribution in [1.82, 2.24) is 9.88 Å². The average Bonchev–Trinajstić information content (AvgIpc) is 3.15. The van der Waals surface area contributed by atoms with E-state index in [4.69, 9.17) is 9.84 Å². The molecule has 3 heterocycles. The molecule has 4 rings (SSSR count). The lowest BCUT2D eigenvalue weighted by molar-refractivity contribution is -0.117. The first kappa shape index (κ1) is 22.5. The molecule has 1 atom stereocenters. The number of methoxy groups -OCH3 is 1. The van der Waals surface area contributed by atoms with Crippen molar-refractivity contribution in [2.45, 2.75) is 31.1 Å². The summed E-state index contributed by atoms with van der Waals surface area (Å²) in [5.41, 5.74) is 0.498. The lowest BCUT2D eigenvalue weighted by Crippen LogP contribution is -2.35. The smallest absolute Gasteiger partial charge is 0.228 e. The van der Waals surface area contributed by atoms with Gasteiger partial charge in [0.05, 0.1) is 13.7 Å². The van der Waals surface area contributed by atoms with Crippen LogP contribution in [0.3, 0.4) is 0 Å².